The number of hydrogen-bond acceptors (Lipinski definition) is 2. The summed E-state index contributed by atoms with van der Waals surface area (Å²) in [7, 11) is 0. The standard InChI is InChI=1S/C11H15ClFNS/c1-11(2,14)7-15-6-8-5-9(13)3-4-10(8)12/h3-5H,6-7,14H2,1-2H3. The molecule has 0 fully saturated rings. The van der Waals surface area contributed by atoms with Crippen molar-refractivity contribution in [3.05, 3.63) is 34.6 Å². The Hall–Kier alpha value is -0.250. The van der Waals surface area contributed by atoms with Gasteiger partial charge in [-0.15, -0.1) is 0 Å². The van der Waals surface area contributed by atoms with Crippen molar-refractivity contribution in [2.45, 2.75) is 25.1 Å². The van der Waals surface area contributed by atoms with Gasteiger partial charge in [0.2, 0.25) is 0 Å². The summed E-state index contributed by atoms with van der Waals surface area (Å²) in [5, 5.41) is 0.610. The maximum atomic E-state index is 12.9. The molecule has 1 nitrogen and oxygen atoms in total. The van der Waals surface area contributed by atoms with Gasteiger partial charge in [-0.3, -0.25) is 0 Å². The van der Waals surface area contributed by atoms with Crippen LogP contribution in [0, 0.1) is 5.82 Å². The summed E-state index contributed by atoms with van der Waals surface area (Å²) in [6, 6.07) is 4.42. The molecule has 0 radical (unpaired) electrons. The minimum Gasteiger partial charge on any atom is -0.325 e. The lowest BCUT2D eigenvalue weighted by atomic mass is 10.1. The molecule has 0 aliphatic rings. The molecule has 0 saturated heterocycles. The summed E-state index contributed by atoms with van der Waals surface area (Å²) in [5.41, 5.74) is 6.46. The van der Waals surface area contributed by atoms with E-state index in [9.17, 15) is 4.39 Å². The Labute approximate surface area is 99.2 Å². The van der Waals surface area contributed by atoms with Crippen molar-refractivity contribution >= 4 is 23.4 Å². The van der Waals surface area contributed by atoms with Gasteiger partial charge < -0.3 is 5.73 Å². The molecular formula is C11H15ClFNS. The number of benzene rings is 1. The van der Waals surface area contributed by atoms with Gasteiger partial charge in [-0.2, -0.15) is 11.8 Å². The van der Waals surface area contributed by atoms with Crippen molar-refractivity contribution in [3.63, 3.8) is 0 Å². The Morgan fingerprint density at radius 1 is 1.47 bits per heavy atom. The number of hydrogen-bond donors (Lipinski definition) is 1. The van der Waals surface area contributed by atoms with Crippen molar-refractivity contribution in [1.29, 1.82) is 0 Å². The molecule has 0 aliphatic heterocycles. The highest BCUT2D eigenvalue weighted by Crippen LogP contribution is 2.23. The fourth-order valence-corrected chi connectivity index (χ4v) is 2.43. The molecule has 0 aromatic heterocycles. The van der Waals surface area contributed by atoms with Crippen LogP contribution in [-0.4, -0.2) is 11.3 Å². The normalized spacial score (nSPS) is 11.8. The van der Waals surface area contributed by atoms with Crippen LogP contribution in [0.15, 0.2) is 18.2 Å². The molecule has 1 aromatic carbocycles. The molecule has 1 rings (SSSR count). The first kappa shape index (κ1) is 12.8. The van der Waals surface area contributed by atoms with E-state index in [0.717, 1.165) is 11.3 Å². The number of halogens is 2. The average molecular weight is 248 g/mol. The quantitative estimate of drug-likeness (QED) is 0.882. The predicted molar refractivity (Wildman–Crippen MR) is 65.8 cm³/mol. The molecule has 2 N–H and O–H groups in total. The van der Waals surface area contributed by atoms with Crippen LogP contribution in [0.3, 0.4) is 0 Å². The van der Waals surface area contributed by atoms with E-state index in [2.05, 4.69) is 0 Å². The fourth-order valence-electron chi connectivity index (χ4n) is 1.08. The summed E-state index contributed by atoms with van der Waals surface area (Å²) < 4.78 is 12.9. The second-order valence-corrected chi connectivity index (χ2v) is 5.61. The molecule has 0 saturated carbocycles. The van der Waals surface area contributed by atoms with Crippen LogP contribution in [0.2, 0.25) is 5.02 Å². The zero-order chi connectivity index (χ0) is 11.5. The van der Waals surface area contributed by atoms with Crippen LogP contribution in [-0.2, 0) is 5.75 Å². The first-order valence-corrected chi connectivity index (χ1v) is 6.22. The lowest BCUT2D eigenvalue weighted by Gasteiger charge is -2.17. The number of nitrogens with two attached hydrogens (primary N) is 1. The van der Waals surface area contributed by atoms with Gasteiger partial charge in [0.1, 0.15) is 5.82 Å². The van der Waals surface area contributed by atoms with Crippen molar-refractivity contribution in [1.82, 2.24) is 0 Å². The third-order valence-electron chi connectivity index (χ3n) is 1.74. The fraction of sp³-hybridized carbons (Fsp3) is 0.455. The molecule has 0 unspecified atom stereocenters. The van der Waals surface area contributed by atoms with Gasteiger partial charge in [0.25, 0.3) is 0 Å². The van der Waals surface area contributed by atoms with Crippen molar-refractivity contribution in [3.8, 4) is 0 Å². The zero-order valence-electron chi connectivity index (χ0n) is 8.89. The predicted octanol–water partition coefficient (Wildman–Crippen LogP) is 3.45. The maximum Gasteiger partial charge on any atom is 0.123 e. The van der Waals surface area contributed by atoms with Crippen molar-refractivity contribution < 1.29 is 4.39 Å². The molecule has 0 aliphatic carbocycles. The van der Waals surface area contributed by atoms with Crippen LogP contribution >= 0.6 is 23.4 Å². The van der Waals surface area contributed by atoms with Crippen LogP contribution in [0.25, 0.3) is 0 Å². The third-order valence-corrected chi connectivity index (χ3v) is 3.57. The van der Waals surface area contributed by atoms with E-state index in [0.29, 0.717) is 10.8 Å². The SMILES string of the molecule is CC(C)(N)CSCc1cc(F)ccc1Cl. The van der Waals surface area contributed by atoms with Gasteiger partial charge in [-0.05, 0) is 37.6 Å². The lowest BCUT2D eigenvalue weighted by Crippen LogP contribution is -2.34. The van der Waals surface area contributed by atoms with Gasteiger partial charge in [0.15, 0.2) is 0 Å². The second kappa shape index (κ2) is 5.19. The minimum absolute atomic E-state index is 0.204. The van der Waals surface area contributed by atoms with Gasteiger partial charge in [0, 0.05) is 22.1 Å². The number of thioether (sulfide) groups is 1. The van der Waals surface area contributed by atoms with E-state index in [1.54, 1.807) is 17.8 Å². The molecule has 0 amide bonds. The topological polar surface area (TPSA) is 26.0 Å². The van der Waals surface area contributed by atoms with Crippen LogP contribution in [0.4, 0.5) is 4.39 Å². The number of rotatable bonds is 4. The largest absolute Gasteiger partial charge is 0.325 e. The van der Waals surface area contributed by atoms with E-state index in [-0.39, 0.29) is 11.4 Å². The molecule has 4 heteroatoms. The van der Waals surface area contributed by atoms with Crippen molar-refractivity contribution in [2.24, 2.45) is 5.73 Å². The molecule has 84 valence electrons. The molecule has 0 spiro atoms. The van der Waals surface area contributed by atoms with E-state index >= 15 is 0 Å². The summed E-state index contributed by atoms with van der Waals surface area (Å²) in [6.45, 7) is 3.93. The second-order valence-electron chi connectivity index (χ2n) is 4.22. The Bertz CT molecular complexity index is 336. The molecule has 1 aromatic rings. The molecule has 0 bridgehead atoms. The monoisotopic (exact) mass is 247 g/mol. The van der Waals surface area contributed by atoms with Gasteiger partial charge >= 0.3 is 0 Å². The molecule has 0 heterocycles. The average Bonchev–Trinajstić information content (AvgIpc) is 2.09. The Balaban J connectivity index is 2.54. The Kier molecular flexibility index (Phi) is 4.44. The highest BCUT2D eigenvalue weighted by atomic mass is 35.5. The summed E-state index contributed by atoms with van der Waals surface area (Å²) in [4.78, 5) is 0. The minimum atomic E-state index is -0.248. The first-order chi connectivity index (χ1) is 6.88. The van der Waals surface area contributed by atoms with E-state index in [1.807, 2.05) is 13.8 Å². The van der Waals surface area contributed by atoms with Crippen LogP contribution in [0.5, 0.6) is 0 Å². The third kappa shape index (κ3) is 4.87. The Morgan fingerprint density at radius 3 is 2.73 bits per heavy atom. The molecule has 15 heavy (non-hydrogen) atoms. The summed E-state index contributed by atoms with van der Waals surface area (Å²) >= 11 is 7.60. The van der Waals surface area contributed by atoms with Crippen molar-refractivity contribution in [2.75, 3.05) is 5.75 Å². The summed E-state index contributed by atoms with van der Waals surface area (Å²) in [5.74, 6) is 1.26. The van der Waals surface area contributed by atoms with E-state index in [1.165, 1.54) is 12.1 Å². The first-order valence-electron chi connectivity index (χ1n) is 4.69. The zero-order valence-corrected chi connectivity index (χ0v) is 10.5. The van der Waals surface area contributed by atoms with Crippen LogP contribution in [0.1, 0.15) is 19.4 Å². The summed E-state index contributed by atoms with van der Waals surface area (Å²) in [6.07, 6.45) is 0. The lowest BCUT2D eigenvalue weighted by molar-refractivity contribution is 0.591. The highest BCUT2D eigenvalue weighted by molar-refractivity contribution is 7.98. The maximum absolute atomic E-state index is 12.9. The van der Waals surface area contributed by atoms with Gasteiger partial charge in [-0.1, -0.05) is 11.6 Å². The van der Waals surface area contributed by atoms with Gasteiger partial charge in [0.05, 0.1) is 0 Å². The van der Waals surface area contributed by atoms with E-state index in [4.69, 9.17) is 17.3 Å². The molecular weight excluding hydrogens is 233 g/mol. The molecule has 0 atom stereocenters. The van der Waals surface area contributed by atoms with E-state index < -0.39 is 0 Å². The Morgan fingerprint density at radius 2 is 2.13 bits per heavy atom. The smallest absolute Gasteiger partial charge is 0.123 e. The highest BCUT2D eigenvalue weighted by Gasteiger charge is 2.11. The van der Waals surface area contributed by atoms with Crippen LogP contribution < -0.4 is 5.73 Å². The van der Waals surface area contributed by atoms with Gasteiger partial charge in [-0.25, -0.2) is 4.39 Å².